The number of rotatable bonds is 5. The molecule has 2 N–H and O–H groups in total. The Morgan fingerprint density at radius 2 is 1.96 bits per heavy atom. The number of thiophene rings is 1. The van der Waals surface area contributed by atoms with E-state index in [1.165, 1.54) is 0 Å². The Morgan fingerprint density at radius 1 is 1.18 bits per heavy atom. The standard InChI is InChI=1S/C19H20N4O3S2/c24-19(20-13-14-12-16(22-21-14)18-6-3-9-27-18)15-4-1-2-5-17(15)23-7-10-28(25,26)11-8-23/h1-6,9,12H,7-8,10-11,13H2,(H,20,24)(H,21,22). The van der Waals surface area contributed by atoms with Gasteiger partial charge in [0.1, 0.15) is 0 Å². The van der Waals surface area contributed by atoms with Crippen molar-refractivity contribution < 1.29 is 13.2 Å². The molecule has 1 saturated heterocycles. The van der Waals surface area contributed by atoms with Crippen molar-refractivity contribution in [2.24, 2.45) is 0 Å². The summed E-state index contributed by atoms with van der Waals surface area (Å²) < 4.78 is 23.4. The Morgan fingerprint density at radius 3 is 2.71 bits per heavy atom. The Hall–Kier alpha value is -2.65. The fourth-order valence-electron chi connectivity index (χ4n) is 3.17. The molecule has 0 atom stereocenters. The fraction of sp³-hybridized carbons (Fsp3) is 0.263. The van der Waals surface area contributed by atoms with Gasteiger partial charge in [0.15, 0.2) is 9.84 Å². The third-order valence-electron chi connectivity index (χ3n) is 4.68. The average molecular weight is 417 g/mol. The van der Waals surface area contributed by atoms with E-state index >= 15 is 0 Å². The molecule has 2 aromatic heterocycles. The van der Waals surface area contributed by atoms with Crippen molar-refractivity contribution in [3.8, 4) is 10.6 Å². The first-order valence-corrected chi connectivity index (χ1v) is 11.6. The number of aromatic amines is 1. The molecule has 1 amide bonds. The molecule has 1 aliphatic heterocycles. The smallest absolute Gasteiger partial charge is 0.253 e. The first kappa shape index (κ1) is 18.7. The molecule has 4 rings (SSSR count). The molecule has 3 aromatic rings. The molecule has 28 heavy (non-hydrogen) atoms. The molecule has 146 valence electrons. The van der Waals surface area contributed by atoms with Crippen LogP contribution in [0.15, 0.2) is 47.8 Å². The number of para-hydroxylation sites is 1. The maximum atomic E-state index is 12.8. The van der Waals surface area contributed by atoms with Crippen LogP contribution < -0.4 is 10.2 Å². The molecule has 0 bridgehead atoms. The quantitative estimate of drug-likeness (QED) is 0.666. The average Bonchev–Trinajstić information content (AvgIpc) is 3.38. The number of amides is 1. The van der Waals surface area contributed by atoms with Gasteiger partial charge in [-0.05, 0) is 29.6 Å². The third-order valence-corrected chi connectivity index (χ3v) is 7.19. The minimum absolute atomic E-state index is 0.113. The van der Waals surface area contributed by atoms with Gasteiger partial charge in [0.05, 0.1) is 39.9 Å². The number of sulfone groups is 1. The minimum Gasteiger partial charge on any atom is -0.369 e. The van der Waals surface area contributed by atoms with Gasteiger partial charge in [0.2, 0.25) is 0 Å². The van der Waals surface area contributed by atoms with Crippen LogP contribution in [-0.4, -0.2) is 49.1 Å². The molecular weight excluding hydrogens is 396 g/mol. The number of nitrogens with one attached hydrogen (secondary N) is 2. The lowest BCUT2D eigenvalue weighted by Gasteiger charge is -2.30. The van der Waals surface area contributed by atoms with Gasteiger partial charge >= 0.3 is 0 Å². The Bertz CT molecular complexity index is 1060. The van der Waals surface area contributed by atoms with Gasteiger partial charge in [-0.1, -0.05) is 18.2 Å². The van der Waals surface area contributed by atoms with Gasteiger partial charge in [-0.15, -0.1) is 11.3 Å². The highest BCUT2D eigenvalue weighted by Crippen LogP contribution is 2.24. The van der Waals surface area contributed by atoms with Crippen LogP contribution in [0, 0.1) is 0 Å². The molecule has 7 nitrogen and oxygen atoms in total. The van der Waals surface area contributed by atoms with Crippen molar-refractivity contribution in [2.45, 2.75) is 6.54 Å². The van der Waals surface area contributed by atoms with Crippen LogP contribution in [0.1, 0.15) is 16.1 Å². The number of H-pyrrole nitrogens is 1. The lowest BCUT2D eigenvalue weighted by atomic mass is 10.1. The lowest BCUT2D eigenvalue weighted by molar-refractivity contribution is 0.0951. The summed E-state index contributed by atoms with van der Waals surface area (Å²) in [6.07, 6.45) is 0. The van der Waals surface area contributed by atoms with Crippen LogP contribution >= 0.6 is 11.3 Å². The number of nitrogens with zero attached hydrogens (tertiary/aromatic N) is 2. The van der Waals surface area contributed by atoms with Crippen molar-refractivity contribution in [3.05, 3.63) is 59.1 Å². The lowest BCUT2D eigenvalue weighted by Crippen LogP contribution is -2.41. The third kappa shape index (κ3) is 4.10. The summed E-state index contributed by atoms with van der Waals surface area (Å²) >= 11 is 1.62. The molecule has 0 spiro atoms. The highest BCUT2D eigenvalue weighted by atomic mass is 32.2. The highest BCUT2D eigenvalue weighted by Gasteiger charge is 2.24. The van der Waals surface area contributed by atoms with Gasteiger partial charge in [-0.2, -0.15) is 5.10 Å². The molecule has 1 aromatic carbocycles. The second kappa shape index (κ2) is 7.76. The van der Waals surface area contributed by atoms with E-state index in [4.69, 9.17) is 0 Å². The predicted octanol–water partition coefficient (Wildman–Crippen LogP) is 2.30. The predicted molar refractivity (Wildman–Crippen MR) is 110 cm³/mol. The molecule has 0 radical (unpaired) electrons. The number of benzene rings is 1. The monoisotopic (exact) mass is 416 g/mol. The maximum Gasteiger partial charge on any atom is 0.253 e. The number of aromatic nitrogens is 2. The van der Waals surface area contributed by atoms with Gasteiger partial charge < -0.3 is 10.2 Å². The number of hydrogen-bond donors (Lipinski definition) is 2. The van der Waals surface area contributed by atoms with Crippen molar-refractivity contribution >= 4 is 32.8 Å². The second-order valence-electron chi connectivity index (χ2n) is 6.59. The largest absolute Gasteiger partial charge is 0.369 e. The van der Waals surface area contributed by atoms with Gasteiger partial charge in [0, 0.05) is 18.8 Å². The van der Waals surface area contributed by atoms with E-state index in [2.05, 4.69) is 15.5 Å². The summed E-state index contributed by atoms with van der Waals surface area (Å²) in [5.41, 5.74) is 2.97. The van der Waals surface area contributed by atoms with E-state index < -0.39 is 9.84 Å². The summed E-state index contributed by atoms with van der Waals surface area (Å²) in [6.45, 7) is 1.11. The zero-order valence-corrected chi connectivity index (χ0v) is 16.7. The molecular formula is C19H20N4O3S2. The van der Waals surface area contributed by atoms with E-state index in [0.29, 0.717) is 25.2 Å². The molecule has 0 aliphatic carbocycles. The van der Waals surface area contributed by atoms with E-state index in [1.54, 1.807) is 17.4 Å². The Labute approximate surface area is 167 Å². The van der Waals surface area contributed by atoms with E-state index in [9.17, 15) is 13.2 Å². The summed E-state index contributed by atoms with van der Waals surface area (Å²) in [7, 11) is -2.97. The van der Waals surface area contributed by atoms with Crippen molar-refractivity contribution in [2.75, 3.05) is 29.5 Å². The summed E-state index contributed by atoms with van der Waals surface area (Å²) in [4.78, 5) is 15.8. The molecule has 1 aliphatic rings. The minimum atomic E-state index is -2.97. The van der Waals surface area contributed by atoms with Gasteiger partial charge in [-0.25, -0.2) is 8.42 Å². The molecule has 3 heterocycles. The van der Waals surface area contributed by atoms with Crippen LogP contribution in [0.5, 0.6) is 0 Å². The molecule has 0 unspecified atom stereocenters. The van der Waals surface area contributed by atoms with Crippen molar-refractivity contribution in [3.63, 3.8) is 0 Å². The number of anilines is 1. The normalized spacial score (nSPS) is 16.1. The second-order valence-corrected chi connectivity index (χ2v) is 9.84. The van der Waals surface area contributed by atoms with Crippen LogP contribution in [0.2, 0.25) is 0 Å². The zero-order chi connectivity index (χ0) is 19.6. The highest BCUT2D eigenvalue weighted by molar-refractivity contribution is 7.91. The van der Waals surface area contributed by atoms with Gasteiger partial charge in [0.25, 0.3) is 5.91 Å². The fourth-order valence-corrected chi connectivity index (χ4v) is 5.07. The van der Waals surface area contributed by atoms with Crippen molar-refractivity contribution in [1.82, 2.24) is 15.5 Å². The Balaban J connectivity index is 1.44. The summed E-state index contributed by atoms with van der Waals surface area (Å²) in [5.74, 6) is 0.0217. The summed E-state index contributed by atoms with van der Waals surface area (Å²) in [6, 6.07) is 13.2. The first-order chi connectivity index (χ1) is 13.5. The topological polar surface area (TPSA) is 95.2 Å². The number of carbonyl (C=O) groups is 1. The SMILES string of the molecule is O=C(NCc1cc(-c2cccs2)[nH]n1)c1ccccc1N1CCS(=O)(=O)CC1. The van der Waals surface area contributed by atoms with Crippen LogP contribution in [-0.2, 0) is 16.4 Å². The number of hydrogen-bond acceptors (Lipinski definition) is 6. The maximum absolute atomic E-state index is 12.8. The first-order valence-electron chi connectivity index (χ1n) is 8.93. The number of carbonyl (C=O) groups excluding carboxylic acids is 1. The van der Waals surface area contributed by atoms with Gasteiger partial charge in [-0.3, -0.25) is 9.89 Å². The Kier molecular flexibility index (Phi) is 5.19. The van der Waals surface area contributed by atoms with E-state index in [-0.39, 0.29) is 17.4 Å². The van der Waals surface area contributed by atoms with Crippen LogP contribution in [0.3, 0.4) is 0 Å². The summed E-state index contributed by atoms with van der Waals surface area (Å²) in [5, 5.41) is 12.1. The van der Waals surface area contributed by atoms with Crippen LogP contribution in [0.4, 0.5) is 5.69 Å². The molecule has 9 heteroatoms. The van der Waals surface area contributed by atoms with Crippen molar-refractivity contribution in [1.29, 1.82) is 0 Å². The zero-order valence-electron chi connectivity index (χ0n) is 15.1. The van der Waals surface area contributed by atoms with E-state index in [0.717, 1.165) is 22.0 Å². The molecule has 1 fully saturated rings. The molecule has 0 saturated carbocycles. The van der Waals surface area contributed by atoms with Crippen LogP contribution in [0.25, 0.3) is 10.6 Å². The van der Waals surface area contributed by atoms with E-state index in [1.807, 2.05) is 46.7 Å².